The van der Waals surface area contributed by atoms with Gasteiger partial charge in [-0.2, -0.15) is 0 Å². The fourth-order valence-electron chi connectivity index (χ4n) is 4.84. The van der Waals surface area contributed by atoms with Crippen molar-refractivity contribution in [3.8, 4) is 0 Å². The third-order valence-electron chi connectivity index (χ3n) is 6.64. The first-order chi connectivity index (χ1) is 16.7. The number of piperidine rings is 1. The Balaban J connectivity index is 1.41. The molecule has 5 nitrogen and oxygen atoms in total. The molecule has 1 saturated heterocycles. The van der Waals surface area contributed by atoms with E-state index in [9.17, 15) is 9.18 Å². The molecule has 1 aliphatic heterocycles. The molecule has 1 fully saturated rings. The molecule has 2 aromatic carbocycles. The van der Waals surface area contributed by atoms with Crippen LogP contribution in [0.2, 0.25) is 0 Å². The zero-order chi connectivity index (χ0) is 24.7. The average Bonchev–Trinajstić information content (AvgIpc) is 2.81. The first kappa shape index (κ1) is 24.6. The molecular formula is C27H27BrFIN4O. The molecule has 0 radical (unpaired) electrons. The molecule has 0 amide bonds. The van der Waals surface area contributed by atoms with Gasteiger partial charge in [0, 0.05) is 40.6 Å². The van der Waals surface area contributed by atoms with Crippen molar-refractivity contribution >= 4 is 66.0 Å². The van der Waals surface area contributed by atoms with Crippen molar-refractivity contribution in [2.45, 2.75) is 44.9 Å². The predicted molar refractivity (Wildman–Crippen MR) is 153 cm³/mol. The fourth-order valence-corrected chi connectivity index (χ4v) is 5.75. The molecule has 0 saturated carbocycles. The van der Waals surface area contributed by atoms with Gasteiger partial charge in [-0.1, -0.05) is 40.2 Å². The van der Waals surface area contributed by atoms with Crippen LogP contribution in [-0.2, 0) is 12.2 Å². The van der Waals surface area contributed by atoms with Crippen molar-refractivity contribution in [1.29, 1.82) is 0 Å². The Morgan fingerprint density at radius 1 is 1.23 bits per heavy atom. The molecule has 3 heterocycles. The van der Waals surface area contributed by atoms with Gasteiger partial charge in [0.2, 0.25) is 0 Å². The maximum Gasteiger partial charge on any atom is 0.258 e. The fraction of sp³-hybridized carbons (Fsp3) is 0.333. The van der Waals surface area contributed by atoms with Crippen LogP contribution in [0.1, 0.15) is 37.8 Å². The Labute approximate surface area is 225 Å². The number of rotatable bonds is 5. The lowest BCUT2D eigenvalue weighted by Crippen LogP contribution is -2.41. The molecule has 0 spiro atoms. The second-order valence-corrected chi connectivity index (χ2v) is 11.8. The van der Waals surface area contributed by atoms with Crippen LogP contribution >= 0.6 is 38.5 Å². The third-order valence-corrected chi connectivity index (χ3v) is 7.96. The number of aromatic amines is 1. The number of fused-ring (bicyclic) bond motifs is 3. The highest BCUT2D eigenvalue weighted by Crippen LogP contribution is 2.32. The number of hydrogen-bond acceptors (Lipinski definition) is 4. The van der Waals surface area contributed by atoms with Gasteiger partial charge in [-0.15, -0.1) is 0 Å². The molecule has 1 atom stereocenters. The van der Waals surface area contributed by atoms with Crippen molar-refractivity contribution in [2.24, 2.45) is 0 Å². The molecule has 2 N–H and O–H groups in total. The largest absolute Gasteiger partial charge is 0.366 e. The van der Waals surface area contributed by atoms with E-state index in [1.165, 1.54) is 5.56 Å². The van der Waals surface area contributed by atoms with E-state index in [1.807, 2.05) is 42.5 Å². The van der Waals surface area contributed by atoms with E-state index < -0.39 is 5.67 Å². The summed E-state index contributed by atoms with van der Waals surface area (Å²) in [6.45, 7) is 5.92. The van der Waals surface area contributed by atoms with Crippen molar-refractivity contribution in [3.05, 3.63) is 78.2 Å². The highest BCUT2D eigenvalue weighted by atomic mass is 127. The summed E-state index contributed by atoms with van der Waals surface area (Å²) in [5, 5.41) is 6.13. The summed E-state index contributed by atoms with van der Waals surface area (Å²) in [4.78, 5) is 22.9. The molecule has 0 unspecified atom stereocenters. The van der Waals surface area contributed by atoms with Crippen LogP contribution in [0.3, 0.4) is 0 Å². The average molecular weight is 649 g/mol. The van der Waals surface area contributed by atoms with Crippen molar-refractivity contribution < 1.29 is 4.39 Å². The number of halogens is 3. The molecule has 5 rings (SSSR count). The quantitative estimate of drug-likeness (QED) is 0.186. The molecule has 2 aromatic heterocycles. The van der Waals surface area contributed by atoms with Crippen molar-refractivity contribution in [1.82, 2.24) is 14.9 Å². The molecule has 4 aromatic rings. The molecule has 1 aliphatic rings. The monoisotopic (exact) mass is 648 g/mol. The number of nitrogens with zero attached hydrogens (tertiary/aromatic N) is 2. The molecule has 0 bridgehead atoms. The van der Waals surface area contributed by atoms with Crippen LogP contribution in [0.4, 0.5) is 10.2 Å². The van der Waals surface area contributed by atoms with Crippen LogP contribution < -0.4 is 10.9 Å². The third kappa shape index (κ3) is 5.24. The van der Waals surface area contributed by atoms with Crippen LogP contribution in [0, 0.1) is 3.57 Å². The number of benzene rings is 2. The minimum absolute atomic E-state index is 0.131. The van der Waals surface area contributed by atoms with Gasteiger partial charge in [-0.05, 0) is 85.2 Å². The maximum absolute atomic E-state index is 14.2. The summed E-state index contributed by atoms with van der Waals surface area (Å²) >= 11 is 5.78. The lowest BCUT2D eigenvalue weighted by atomic mass is 9.98. The number of likely N-dealkylation sites (tertiary alicyclic amines) is 1. The van der Waals surface area contributed by atoms with Crippen molar-refractivity contribution in [2.75, 3.05) is 18.4 Å². The Morgan fingerprint density at radius 3 is 2.74 bits per heavy atom. The van der Waals surface area contributed by atoms with E-state index in [4.69, 9.17) is 4.98 Å². The number of hydrogen-bond donors (Lipinski definition) is 2. The molecule has 182 valence electrons. The van der Waals surface area contributed by atoms with E-state index in [-0.39, 0.29) is 11.6 Å². The van der Waals surface area contributed by atoms with Crippen LogP contribution in [0.5, 0.6) is 0 Å². The number of pyridine rings is 2. The van der Waals surface area contributed by atoms with Gasteiger partial charge in [0.05, 0.1) is 14.5 Å². The summed E-state index contributed by atoms with van der Waals surface area (Å²) in [6.07, 6.45) is 3.85. The van der Waals surface area contributed by atoms with Gasteiger partial charge in [0.1, 0.15) is 11.5 Å². The SMILES string of the molecule is CC(C)(F)c1ccc(CN2CCC[C@H](Nc3nc4c(I)c[nH]c(=O)c4c4cc(Br)ccc34)C2)cc1. The van der Waals surface area contributed by atoms with Crippen LogP contribution in [0.25, 0.3) is 21.7 Å². The second kappa shape index (κ2) is 9.78. The van der Waals surface area contributed by atoms with E-state index in [1.54, 1.807) is 20.0 Å². The van der Waals surface area contributed by atoms with Crippen LogP contribution in [-0.4, -0.2) is 34.0 Å². The van der Waals surface area contributed by atoms with E-state index in [2.05, 4.69) is 53.7 Å². The highest BCUT2D eigenvalue weighted by Gasteiger charge is 2.23. The summed E-state index contributed by atoms with van der Waals surface area (Å²) in [5.74, 6) is 0.810. The van der Waals surface area contributed by atoms with Gasteiger partial charge in [0.15, 0.2) is 0 Å². The number of alkyl halides is 1. The predicted octanol–water partition coefficient (Wildman–Crippen LogP) is 6.72. The summed E-state index contributed by atoms with van der Waals surface area (Å²) in [5.41, 5.74) is 1.15. The number of anilines is 1. The van der Waals surface area contributed by atoms with E-state index in [0.29, 0.717) is 16.5 Å². The van der Waals surface area contributed by atoms with Gasteiger partial charge < -0.3 is 10.3 Å². The standard InChI is InChI=1S/C27H27BrFIN4O/c1-27(2,29)17-7-5-16(6-8-17)14-34-11-3-4-19(15-34)32-25-20-10-9-18(28)12-21(20)23-24(33-25)22(30)13-31-26(23)35/h5-10,12-13,19H,3-4,11,14-15H2,1-2H3,(H,31,35)(H,32,33)/t19-/m0/s1. The van der Waals surface area contributed by atoms with E-state index in [0.717, 1.165) is 57.1 Å². The summed E-state index contributed by atoms with van der Waals surface area (Å²) < 4.78 is 16.0. The zero-order valence-electron chi connectivity index (χ0n) is 19.7. The lowest BCUT2D eigenvalue weighted by molar-refractivity contribution is 0.208. The lowest BCUT2D eigenvalue weighted by Gasteiger charge is -2.33. The van der Waals surface area contributed by atoms with Crippen molar-refractivity contribution in [3.63, 3.8) is 0 Å². The maximum atomic E-state index is 14.2. The normalized spacial score (nSPS) is 17.2. The molecular weight excluding hydrogens is 622 g/mol. The van der Waals surface area contributed by atoms with E-state index >= 15 is 0 Å². The van der Waals surface area contributed by atoms with Gasteiger partial charge in [-0.3, -0.25) is 9.69 Å². The number of H-pyrrole nitrogens is 1. The Kier molecular flexibility index (Phi) is 6.89. The zero-order valence-corrected chi connectivity index (χ0v) is 23.4. The Morgan fingerprint density at radius 2 is 2.00 bits per heavy atom. The van der Waals surface area contributed by atoms with Gasteiger partial charge >= 0.3 is 0 Å². The first-order valence-electron chi connectivity index (χ1n) is 11.8. The van der Waals surface area contributed by atoms with Gasteiger partial charge in [0.25, 0.3) is 5.56 Å². The first-order valence-corrected chi connectivity index (χ1v) is 13.6. The molecule has 0 aliphatic carbocycles. The minimum atomic E-state index is -1.33. The smallest absolute Gasteiger partial charge is 0.258 e. The Hall–Kier alpha value is -2.04. The number of aromatic nitrogens is 2. The second-order valence-electron chi connectivity index (χ2n) is 9.73. The summed E-state index contributed by atoms with van der Waals surface area (Å²) in [7, 11) is 0. The van der Waals surface area contributed by atoms with Crippen LogP contribution in [0.15, 0.2) is 57.9 Å². The van der Waals surface area contributed by atoms with Gasteiger partial charge in [-0.25, -0.2) is 9.37 Å². The molecule has 35 heavy (non-hydrogen) atoms. The number of nitrogens with one attached hydrogen (secondary N) is 2. The highest BCUT2D eigenvalue weighted by molar-refractivity contribution is 14.1. The Bertz CT molecular complexity index is 1450. The minimum Gasteiger partial charge on any atom is -0.366 e. The summed E-state index contributed by atoms with van der Waals surface area (Å²) in [6, 6.07) is 14.1. The molecule has 8 heteroatoms. The topological polar surface area (TPSA) is 61.0 Å².